The number of anilines is 1. The first-order valence-electron chi connectivity index (χ1n) is 7.61. The van der Waals surface area contributed by atoms with E-state index in [4.69, 9.17) is 21.1 Å². The fourth-order valence-electron chi connectivity index (χ4n) is 2.02. The molecular weight excluding hydrogens is 349 g/mol. The molecule has 0 unspecified atom stereocenters. The van der Waals surface area contributed by atoms with Gasteiger partial charge in [-0.1, -0.05) is 23.7 Å². The normalized spacial score (nSPS) is 11.5. The monoisotopic (exact) mass is 365 g/mol. The van der Waals surface area contributed by atoms with E-state index in [0.29, 0.717) is 12.4 Å². The van der Waals surface area contributed by atoms with Crippen molar-refractivity contribution in [2.45, 2.75) is 20.0 Å². The summed E-state index contributed by atoms with van der Waals surface area (Å²) in [6.07, 6.45) is -1.08. The number of hydrogen-bond acceptors (Lipinski definition) is 4. The van der Waals surface area contributed by atoms with Gasteiger partial charge in [-0.15, -0.1) is 0 Å². The molecule has 2 rings (SSSR count). The number of rotatable bonds is 6. The van der Waals surface area contributed by atoms with Crippen molar-refractivity contribution in [2.75, 3.05) is 11.9 Å². The zero-order valence-electron chi connectivity index (χ0n) is 13.7. The molecule has 0 aliphatic heterocycles. The highest BCUT2D eigenvalue weighted by atomic mass is 35.5. The second-order valence-corrected chi connectivity index (χ2v) is 5.50. The zero-order chi connectivity index (χ0) is 18.4. The summed E-state index contributed by atoms with van der Waals surface area (Å²) in [5.74, 6) is -1.41. The lowest BCUT2D eigenvalue weighted by atomic mass is 10.2. The van der Waals surface area contributed by atoms with Gasteiger partial charge < -0.3 is 14.8 Å². The molecule has 2 aromatic rings. The van der Waals surface area contributed by atoms with Gasteiger partial charge in [0, 0.05) is 0 Å². The van der Waals surface area contributed by atoms with Crippen LogP contribution in [0.1, 0.15) is 24.2 Å². The Morgan fingerprint density at radius 3 is 2.64 bits per heavy atom. The van der Waals surface area contributed by atoms with E-state index >= 15 is 0 Å². The number of halogens is 2. The molecule has 5 nitrogen and oxygen atoms in total. The second kappa shape index (κ2) is 8.48. The van der Waals surface area contributed by atoms with Gasteiger partial charge in [0.15, 0.2) is 6.10 Å². The van der Waals surface area contributed by atoms with E-state index < -0.39 is 23.8 Å². The molecule has 7 heteroatoms. The maximum atomic E-state index is 13.0. The van der Waals surface area contributed by atoms with Crippen LogP contribution in [-0.2, 0) is 9.53 Å². The van der Waals surface area contributed by atoms with Crippen LogP contribution in [0, 0.1) is 5.82 Å². The summed E-state index contributed by atoms with van der Waals surface area (Å²) >= 11 is 5.86. The highest BCUT2D eigenvalue weighted by Gasteiger charge is 2.22. The third kappa shape index (κ3) is 4.93. The van der Waals surface area contributed by atoms with Crippen molar-refractivity contribution < 1.29 is 23.5 Å². The molecule has 0 aliphatic rings. The van der Waals surface area contributed by atoms with Crippen LogP contribution in [0.3, 0.4) is 0 Å². The van der Waals surface area contributed by atoms with E-state index in [1.165, 1.54) is 13.0 Å². The number of esters is 1. The summed E-state index contributed by atoms with van der Waals surface area (Å²) in [5, 5.41) is 2.54. The molecule has 0 radical (unpaired) electrons. The molecule has 0 spiro atoms. The van der Waals surface area contributed by atoms with Gasteiger partial charge >= 0.3 is 5.97 Å². The quantitative estimate of drug-likeness (QED) is 0.784. The zero-order valence-corrected chi connectivity index (χ0v) is 14.5. The molecule has 0 aliphatic carbocycles. The Labute approximate surface area is 149 Å². The van der Waals surface area contributed by atoms with E-state index in [1.807, 2.05) is 0 Å². The highest BCUT2D eigenvalue weighted by molar-refractivity contribution is 6.33. The van der Waals surface area contributed by atoms with Gasteiger partial charge in [-0.05, 0) is 44.2 Å². The van der Waals surface area contributed by atoms with E-state index in [-0.39, 0.29) is 16.3 Å². The summed E-state index contributed by atoms with van der Waals surface area (Å²) < 4.78 is 23.6. The molecule has 0 bridgehead atoms. The van der Waals surface area contributed by atoms with E-state index in [0.717, 1.165) is 12.1 Å². The fourth-order valence-corrected chi connectivity index (χ4v) is 2.23. The number of nitrogens with one attached hydrogen (secondary N) is 1. The predicted molar refractivity (Wildman–Crippen MR) is 92.5 cm³/mol. The molecule has 1 atom stereocenters. The van der Waals surface area contributed by atoms with Crippen molar-refractivity contribution in [3.63, 3.8) is 0 Å². The number of ether oxygens (including phenoxy) is 2. The number of carbonyl (C=O) groups excluding carboxylic acids is 2. The molecule has 2 aromatic carbocycles. The Balaban J connectivity index is 2.04. The Bertz CT molecular complexity index is 781. The van der Waals surface area contributed by atoms with E-state index in [1.54, 1.807) is 31.2 Å². The SMILES string of the molecule is CCOc1ccccc1C(=O)O[C@H](C)C(=O)Nc1ccc(F)cc1Cl. The maximum Gasteiger partial charge on any atom is 0.342 e. The van der Waals surface area contributed by atoms with Crippen molar-refractivity contribution >= 4 is 29.2 Å². The van der Waals surface area contributed by atoms with Crippen molar-refractivity contribution in [1.82, 2.24) is 0 Å². The van der Waals surface area contributed by atoms with Crippen molar-refractivity contribution in [1.29, 1.82) is 0 Å². The number of amides is 1. The smallest absolute Gasteiger partial charge is 0.342 e. The van der Waals surface area contributed by atoms with Crippen LogP contribution in [0.2, 0.25) is 5.02 Å². The molecular formula is C18H17ClFNO4. The fraction of sp³-hybridized carbons (Fsp3) is 0.222. The Kier molecular flexibility index (Phi) is 6.36. The Morgan fingerprint density at radius 1 is 1.24 bits per heavy atom. The molecule has 0 fully saturated rings. The van der Waals surface area contributed by atoms with Crippen LogP contribution < -0.4 is 10.1 Å². The average Bonchev–Trinajstić information content (AvgIpc) is 2.58. The molecule has 0 saturated heterocycles. The molecule has 0 aromatic heterocycles. The Hall–Kier alpha value is -2.60. The van der Waals surface area contributed by atoms with Crippen molar-refractivity contribution in [3.8, 4) is 5.75 Å². The first kappa shape index (κ1) is 18.7. The lowest BCUT2D eigenvalue weighted by Crippen LogP contribution is -2.30. The van der Waals surface area contributed by atoms with Crippen LogP contribution in [0.15, 0.2) is 42.5 Å². The molecule has 0 saturated carbocycles. The minimum Gasteiger partial charge on any atom is -0.493 e. The first-order chi connectivity index (χ1) is 11.9. The third-order valence-corrected chi connectivity index (χ3v) is 3.56. The summed E-state index contributed by atoms with van der Waals surface area (Å²) in [6.45, 7) is 3.61. The van der Waals surface area contributed by atoms with Gasteiger partial charge in [-0.3, -0.25) is 4.79 Å². The number of benzene rings is 2. The molecule has 132 valence electrons. The topological polar surface area (TPSA) is 64.6 Å². The third-order valence-electron chi connectivity index (χ3n) is 3.25. The number of carbonyl (C=O) groups is 2. The van der Waals surface area contributed by atoms with Crippen LogP contribution in [0.5, 0.6) is 5.75 Å². The van der Waals surface area contributed by atoms with Crippen LogP contribution in [-0.4, -0.2) is 24.6 Å². The minimum atomic E-state index is -1.08. The summed E-state index contributed by atoms with van der Waals surface area (Å²) in [5.41, 5.74) is 0.453. The van der Waals surface area contributed by atoms with Crippen molar-refractivity contribution in [2.24, 2.45) is 0 Å². The second-order valence-electron chi connectivity index (χ2n) is 5.09. The van der Waals surface area contributed by atoms with Gasteiger partial charge in [-0.2, -0.15) is 0 Å². The van der Waals surface area contributed by atoms with Gasteiger partial charge in [0.2, 0.25) is 0 Å². The summed E-state index contributed by atoms with van der Waals surface area (Å²) in [4.78, 5) is 24.4. The van der Waals surface area contributed by atoms with Crippen molar-refractivity contribution in [3.05, 3.63) is 58.9 Å². The summed E-state index contributed by atoms with van der Waals surface area (Å²) in [7, 11) is 0. The number of para-hydroxylation sites is 1. The molecule has 25 heavy (non-hydrogen) atoms. The first-order valence-corrected chi connectivity index (χ1v) is 7.99. The van der Waals surface area contributed by atoms with Crippen LogP contribution >= 0.6 is 11.6 Å². The number of hydrogen-bond donors (Lipinski definition) is 1. The van der Waals surface area contributed by atoms with Gasteiger partial charge in [0.1, 0.15) is 17.1 Å². The lowest BCUT2D eigenvalue weighted by Gasteiger charge is -2.15. The van der Waals surface area contributed by atoms with E-state index in [9.17, 15) is 14.0 Å². The lowest BCUT2D eigenvalue weighted by molar-refractivity contribution is -0.123. The predicted octanol–water partition coefficient (Wildman–Crippen LogP) is 4.06. The minimum absolute atomic E-state index is 0.0496. The highest BCUT2D eigenvalue weighted by Crippen LogP contribution is 2.23. The van der Waals surface area contributed by atoms with E-state index in [2.05, 4.69) is 5.32 Å². The van der Waals surface area contributed by atoms with Crippen LogP contribution in [0.25, 0.3) is 0 Å². The van der Waals surface area contributed by atoms with Gasteiger partial charge in [0.05, 0.1) is 17.3 Å². The Morgan fingerprint density at radius 2 is 1.96 bits per heavy atom. The molecule has 1 amide bonds. The standard InChI is InChI=1S/C18H17ClFNO4/c1-3-24-16-7-5-4-6-13(16)18(23)25-11(2)17(22)21-15-9-8-12(20)10-14(15)19/h4-11H,3H2,1-2H3,(H,21,22)/t11-/m1/s1. The van der Waals surface area contributed by atoms with Gasteiger partial charge in [-0.25, -0.2) is 9.18 Å². The average molecular weight is 366 g/mol. The van der Waals surface area contributed by atoms with Crippen LogP contribution in [0.4, 0.5) is 10.1 Å². The largest absolute Gasteiger partial charge is 0.493 e. The molecule has 0 heterocycles. The summed E-state index contributed by atoms with van der Waals surface area (Å²) in [6, 6.07) is 10.2. The molecule has 1 N–H and O–H groups in total. The van der Waals surface area contributed by atoms with Gasteiger partial charge in [0.25, 0.3) is 5.91 Å². The maximum absolute atomic E-state index is 13.0.